The number of aromatic nitrogens is 1. The van der Waals surface area contributed by atoms with Crippen LogP contribution < -0.4 is 24.8 Å². The number of pyridine rings is 1. The molecule has 0 atom stereocenters. The second-order valence-corrected chi connectivity index (χ2v) is 7.47. The van der Waals surface area contributed by atoms with E-state index in [4.69, 9.17) is 14.2 Å². The van der Waals surface area contributed by atoms with Crippen LogP contribution in [0.1, 0.15) is 42.5 Å². The molecule has 1 fully saturated rings. The second-order valence-electron chi connectivity index (χ2n) is 7.47. The molecule has 1 aliphatic carbocycles. The van der Waals surface area contributed by atoms with Gasteiger partial charge in [-0.2, -0.15) is 0 Å². The third kappa shape index (κ3) is 6.34. The summed E-state index contributed by atoms with van der Waals surface area (Å²) in [7, 11) is 3.01. The van der Waals surface area contributed by atoms with Crippen LogP contribution in [0.5, 0.6) is 17.2 Å². The number of hydrogen-bond donors (Lipinski definition) is 2. The van der Waals surface area contributed by atoms with Gasteiger partial charge in [-0.1, -0.05) is 19.3 Å². The highest BCUT2D eigenvalue weighted by atomic mass is 16.5. The van der Waals surface area contributed by atoms with E-state index in [1.54, 1.807) is 36.5 Å². The predicted molar refractivity (Wildman–Crippen MR) is 117 cm³/mol. The average Bonchev–Trinajstić information content (AvgIpc) is 2.82. The molecule has 1 aromatic carbocycles. The molecule has 2 amide bonds. The first kappa shape index (κ1) is 22.4. The maximum absolute atomic E-state index is 12.4. The molecule has 0 aliphatic heterocycles. The fourth-order valence-electron chi connectivity index (χ4n) is 3.58. The van der Waals surface area contributed by atoms with Crippen LogP contribution in [0.2, 0.25) is 0 Å². The minimum atomic E-state index is -0.397. The lowest BCUT2D eigenvalue weighted by atomic mass is 9.90. The molecule has 1 saturated carbocycles. The van der Waals surface area contributed by atoms with E-state index in [0.717, 1.165) is 0 Å². The summed E-state index contributed by atoms with van der Waals surface area (Å²) >= 11 is 0. The van der Waals surface area contributed by atoms with Crippen LogP contribution in [0.25, 0.3) is 0 Å². The first-order valence-electron chi connectivity index (χ1n) is 10.5. The zero-order valence-electron chi connectivity index (χ0n) is 18.0. The van der Waals surface area contributed by atoms with Crippen molar-refractivity contribution in [1.29, 1.82) is 0 Å². The van der Waals surface area contributed by atoms with Gasteiger partial charge in [0.05, 0.1) is 27.4 Å². The number of carbonyl (C=O) groups excluding carboxylic acids is 2. The average molecular weight is 428 g/mol. The molecule has 1 aromatic heterocycles. The molecular formula is C23H29N3O5. The summed E-state index contributed by atoms with van der Waals surface area (Å²) in [4.78, 5) is 29.0. The number of amides is 2. The largest absolute Gasteiger partial charge is 0.493 e. The van der Waals surface area contributed by atoms with Gasteiger partial charge in [0.15, 0.2) is 23.1 Å². The van der Waals surface area contributed by atoms with Crippen molar-refractivity contribution in [3.05, 3.63) is 42.1 Å². The Morgan fingerprint density at radius 1 is 1.03 bits per heavy atom. The first-order chi connectivity index (χ1) is 15.1. The van der Waals surface area contributed by atoms with Gasteiger partial charge in [-0.3, -0.25) is 9.59 Å². The van der Waals surface area contributed by atoms with E-state index < -0.39 is 11.8 Å². The molecule has 8 heteroatoms. The van der Waals surface area contributed by atoms with Gasteiger partial charge < -0.3 is 24.8 Å². The number of nitrogens with one attached hydrogen (secondary N) is 2. The number of nitrogens with zero attached hydrogens (tertiary/aromatic N) is 1. The van der Waals surface area contributed by atoms with Crippen molar-refractivity contribution >= 4 is 17.6 Å². The molecule has 2 aromatic rings. The van der Waals surface area contributed by atoms with Gasteiger partial charge in [0, 0.05) is 11.8 Å². The van der Waals surface area contributed by atoms with Gasteiger partial charge in [0.2, 0.25) is 5.91 Å². The van der Waals surface area contributed by atoms with Crippen LogP contribution in [0.15, 0.2) is 36.5 Å². The van der Waals surface area contributed by atoms with Crippen LogP contribution in [-0.4, -0.2) is 44.2 Å². The minimum Gasteiger partial charge on any atom is -0.493 e. The lowest BCUT2D eigenvalue weighted by molar-refractivity contribution is -0.115. The third-order valence-corrected chi connectivity index (χ3v) is 5.28. The third-order valence-electron chi connectivity index (χ3n) is 5.28. The van der Waals surface area contributed by atoms with Crippen LogP contribution in [0.3, 0.4) is 0 Å². The summed E-state index contributed by atoms with van der Waals surface area (Å²) in [5, 5.41) is 5.31. The molecule has 0 radical (unpaired) electrons. The lowest BCUT2D eigenvalue weighted by Gasteiger charge is -2.22. The maximum atomic E-state index is 12.4. The topological polar surface area (TPSA) is 98.8 Å². The number of anilines is 1. The molecule has 0 unspecified atom stereocenters. The summed E-state index contributed by atoms with van der Waals surface area (Å²) in [6, 6.07) is 8.35. The molecule has 2 N–H and O–H groups in total. The highest BCUT2D eigenvalue weighted by Crippen LogP contribution is 2.28. The Balaban J connectivity index is 1.53. The van der Waals surface area contributed by atoms with E-state index in [0.29, 0.717) is 41.2 Å². The highest BCUT2D eigenvalue weighted by molar-refractivity contribution is 5.99. The van der Waals surface area contributed by atoms with E-state index in [2.05, 4.69) is 15.6 Å². The van der Waals surface area contributed by atoms with Crippen LogP contribution in [-0.2, 0) is 4.79 Å². The molecule has 1 aliphatic rings. The standard InChI is InChI=1S/C23H29N3O5/c1-29-18-11-10-17(13-20(18)30-2)23(28)25-14-21(27)26-22-19(9-6-12-24-22)31-15-16-7-4-3-5-8-16/h6,9-13,16H,3-5,7-8,14-15H2,1-2H3,(H,25,28)(H,24,26,27). The molecular weight excluding hydrogens is 398 g/mol. The Morgan fingerprint density at radius 2 is 1.81 bits per heavy atom. The van der Waals surface area contributed by atoms with Crippen LogP contribution in [0, 0.1) is 5.92 Å². The van der Waals surface area contributed by atoms with Gasteiger partial charge in [-0.15, -0.1) is 0 Å². The Kier molecular flexibility index (Phi) is 8.09. The van der Waals surface area contributed by atoms with Gasteiger partial charge in [-0.25, -0.2) is 4.98 Å². The fraction of sp³-hybridized carbons (Fsp3) is 0.435. The number of rotatable bonds is 9. The van der Waals surface area contributed by atoms with E-state index in [1.165, 1.54) is 46.3 Å². The number of ether oxygens (including phenoxy) is 3. The van der Waals surface area contributed by atoms with Crippen molar-refractivity contribution < 1.29 is 23.8 Å². The Bertz CT molecular complexity index is 897. The van der Waals surface area contributed by atoms with Crippen molar-refractivity contribution in [2.24, 2.45) is 5.92 Å². The van der Waals surface area contributed by atoms with Gasteiger partial charge in [0.25, 0.3) is 5.91 Å². The molecule has 31 heavy (non-hydrogen) atoms. The highest BCUT2D eigenvalue weighted by Gasteiger charge is 2.17. The quantitative estimate of drug-likeness (QED) is 0.636. The molecule has 1 heterocycles. The van der Waals surface area contributed by atoms with Crippen LogP contribution >= 0.6 is 0 Å². The second kappa shape index (κ2) is 11.2. The Hall–Kier alpha value is -3.29. The molecule has 3 rings (SSSR count). The van der Waals surface area contributed by atoms with Gasteiger partial charge in [-0.05, 0) is 49.1 Å². The predicted octanol–water partition coefficient (Wildman–Crippen LogP) is 3.43. The monoisotopic (exact) mass is 427 g/mol. The fourth-order valence-corrected chi connectivity index (χ4v) is 3.58. The van der Waals surface area contributed by atoms with E-state index in [-0.39, 0.29) is 6.54 Å². The summed E-state index contributed by atoms with van der Waals surface area (Å²) < 4.78 is 16.3. The number of methoxy groups -OCH3 is 2. The molecule has 8 nitrogen and oxygen atoms in total. The van der Waals surface area contributed by atoms with Crippen molar-refractivity contribution in [1.82, 2.24) is 10.3 Å². The van der Waals surface area contributed by atoms with E-state index >= 15 is 0 Å². The summed E-state index contributed by atoms with van der Waals surface area (Å²) in [5.74, 6) is 1.59. The summed E-state index contributed by atoms with van der Waals surface area (Å²) in [6.07, 6.45) is 7.70. The summed E-state index contributed by atoms with van der Waals surface area (Å²) in [5.41, 5.74) is 0.361. The van der Waals surface area contributed by atoms with Crippen molar-refractivity contribution in [2.45, 2.75) is 32.1 Å². The SMILES string of the molecule is COc1ccc(C(=O)NCC(=O)Nc2ncccc2OCC2CCCCC2)cc1OC. The summed E-state index contributed by atoms with van der Waals surface area (Å²) in [6.45, 7) is 0.413. The number of benzene rings is 1. The maximum Gasteiger partial charge on any atom is 0.251 e. The van der Waals surface area contributed by atoms with Crippen molar-refractivity contribution in [2.75, 3.05) is 32.7 Å². The van der Waals surface area contributed by atoms with Gasteiger partial charge in [0.1, 0.15) is 0 Å². The Labute approximate surface area is 182 Å². The number of hydrogen-bond acceptors (Lipinski definition) is 6. The van der Waals surface area contributed by atoms with E-state index in [1.807, 2.05) is 0 Å². The zero-order valence-corrected chi connectivity index (χ0v) is 18.0. The smallest absolute Gasteiger partial charge is 0.251 e. The molecule has 0 saturated heterocycles. The normalized spacial score (nSPS) is 13.9. The lowest BCUT2D eigenvalue weighted by Crippen LogP contribution is -2.33. The Morgan fingerprint density at radius 3 is 2.55 bits per heavy atom. The zero-order chi connectivity index (χ0) is 22.1. The van der Waals surface area contributed by atoms with Crippen LogP contribution in [0.4, 0.5) is 5.82 Å². The van der Waals surface area contributed by atoms with Gasteiger partial charge >= 0.3 is 0 Å². The molecule has 166 valence electrons. The molecule has 0 bridgehead atoms. The minimum absolute atomic E-state index is 0.203. The van der Waals surface area contributed by atoms with Crippen molar-refractivity contribution in [3.63, 3.8) is 0 Å². The number of carbonyl (C=O) groups is 2. The van der Waals surface area contributed by atoms with E-state index in [9.17, 15) is 9.59 Å². The first-order valence-corrected chi connectivity index (χ1v) is 10.5. The molecule has 0 spiro atoms. The van der Waals surface area contributed by atoms with Crippen molar-refractivity contribution in [3.8, 4) is 17.2 Å².